The third kappa shape index (κ3) is 2.17. The average Bonchev–Trinajstić information content (AvgIpc) is 2.52. The van der Waals surface area contributed by atoms with Crippen LogP contribution < -0.4 is 0 Å². The predicted octanol–water partition coefficient (Wildman–Crippen LogP) is 0.468. The van der Waals surface area contributed by atoms with Gasteiger partial charge in [0, 0.05) is 25.5 Å². The minimum Gasteiger partial charge on any atom is -0.396 e. The molecule has 4 heteroatoms. The van der Waals surface area contributed by atoms with Crippen LogP contribution in [-0.4, -0.2) is 27.6 Å². The molecule has 66 valence electrons. The molecule has 0 aromatic carbocycles. The van der Waals surface area contributed by atoms with Gasteiger partial charge in [0.25, 0.3) is 0 Å². The highest BCUT2D eigenvalue weighted by molar-refractivity contribution is 5.69. The molecule has 1 rings (SSSR count). The highest BCUT2D eigenvalue weighted by Gasteiger charge is 1.98. The number of nitrogens with zero attached hydrogens (tertiary/aromatic N) is 2. The van der Waals surface area contributed by atoms with Gasteiger partial charge in [0.15, 0.2) is 12.1 Å². The van der Waals surface area contributed by atoms with Crippen LogP contribution in [0.1, 0.15) is 23.5 Å². The van der Waals surface area contributed by atoms with E-state index in [9.17, 15) is 4.79 Å². The van der Waals surface area contributed by atoms with Gasteiger partial charge in [-0.3, -0.25) is 4.79 Å². The highest BCUT2D eigenvalue weighted by atomic mass is 16.2. The van der Waals surface area contributed by atoms with Crippen molar-refractivity contribution in [2.45, 2.75) is 19.4 Å². The third-order valence-electron chi connectivity index (χ3n) is 1.66. The molecule has 0 saturated carbocycles. The number of aliphatic hydroxyl groups excluding tert-OH is 1. The molecule has 0 atom stereocenters. The van der Waals surface area contributed by atoms with Gasteiger partial charge >= 0.3 is 0 Å². The van der Waals surface area contributed by atoms with Crippen molar-refractivity contribution in [2.24, 2.45) is 0 Å². The van der Waals surface area contributed by atoms with Crippen molar-refractivity contribution >= 4 is 6.29 Å². The van der Waals surface area contributed by atoms with E-state index in [2.05, 4.69) is 4.98 Å². The number of carbonyl (C=O) groups excluding carboxylic acids is 1. The van der Waals surface area contributed by atoms with Gasteiger partial charge in [0.1, 0.15) is 0 Å². The Bertz CT molecular complexity index is 245. The minimum absolute atomic E-state index is 0.200. The Morgan fingerprint density at radius 3 is 3.08 bits per heavy atom. The largest absolute Gasteiger partial charge is 0.396 e. The first-order chi connectivity index (χ1) is 5.88. The number of imidazole rings is 1. The number of aliphatic hydroxyl groups is 1. The molecule has 12 heavy (non-hydrogen) atoms. The number of aldehydes is 1. The molecule has 4 nitrogen and oxygen atoms in total. The Morgan fingerprint density at radius 1 is 1.58 bits per heavy atom. The van der Waals surface area contributed by atoms with E-state index in [-0.39, 0.29) is 6.61 Å². The van der Waals surface area contributed by atoms with Crippen molar-refractivity contribution in [3.63, 3.8) is 0 Å². The number of carbonyl (C=O) groups is 1. The van der Waals surface area contributed by atoms with Crippen LogP contribution in [0.25, 0.3) is 0 Å². The lowest BCUT2D eigenvalue weighted by molar-refractivity contribution is 0.111. The molecule has 0 aliphatic heterocycles. The van der Waals surface area contributed by atoms with E-state index in [1.54, 1.807) is 17.0 Å². The molecular formula is C8H12N2O2. The molecule has 1 aromatic rings. The maximum atomic E-state index is 10.4. The molecule has 0 aliphatic carbocycles. The zero-order valence-electron chi connectivity index (χ0n) is 6.81. The smallest absolute Gasteiger partial charge is 0.185 e. The monoisotopic (exact) mass is 168 g/mol. The molecule has 0 unspecified atom stereocenters. The minimum atomic E-state index is 0.200. The number of hydrogen-bond donors (Lipinski definition) is 1. The third-order valence-corrected chi connectivity index (χ3v) is 1.66. The van der Waals surface area contributed by atoms with Crippen molar-refractivity contribution in [3.8, 4) is 0 Å². The average molecular weight is 168 g/mol. The first-order valence-electron chi connectivity index (χ1n) is 3.95. The maximum absolute atomic E-state index is 10.4. The van der Waals surface area contributed by atoms with E-state index in [1.807, 2.05) is 0 Å². The molecule has 1 N–H and O–H groups in total. The maximum Gasteiger partial charge on any atom is 0.185 e. The number of aryl methyl sites for hydroxylation is 1. The molecule has 0 aliphatic rings. The molecule has 0 bridgehead atoms. The lowest BCUT2D eigenvalue weighted by atomic mass is 10.3. The zero-order valence-corrected chi connectivity index (χ0v) is 6.81. The van der Waals surface area contributed by atoms with Gasteiger partial charge in [-0.25, -0.2) is 4.98 Å². The first kappa shape index (κ1) is 8.93. The van der Waals surface area contributed by atoms with E-state index in [0.717, 1.165) is 25.7 Å². The number of rotatable bonds is 5. The van der Waals surface area contributed by atoms with E-state index < -0.39 is 0 Å². The lowest BCUT2D eigenvalue weighted by Gasteiger charge is -2.01. The van der Waals surface area contributed by atoms with Gasteiger partial charge in [-0.2, -0.15) is 0 Å². The van der Waals surface area contributed by atoms with Crippen LogP contribution in [0.5, 0.6) is 0 Å². The summed E-state index contributed by atoms with van der Waals surface area (Å²) in [6.07, 6.45) is 5.73. The fourth-order valence-corrected chi connectivity index (χ4v) is 1.02. The summed E-state index contributed by atoms with van der Waals surface area (Å²) in [5.74, 6) is 0.452. The van der Waals surface area contributed by atoms with Crippen LogP contribution in [-0.2, 0) is 6.54 Å². The lowest BCUT2D eigenvalue weighted by Crippen LogP contribution is -2.02. The summed E-state index contributed by atoms with van der Waals surface area (Å²) in [6, 6.07) is 0. The molecule has 0 radical (unpaired) electrons. The summed E-state index contributed by atoms with van der Waals surface area (Å²) < 4.78 is 1.78. The molecule has 0 spiro atoms. The Kier molecular flexibility index (Phi) is 3.47. The molecule has 1 heterocycles. The Balaban J connectivity index is 2.45. The zero-order chi connectivity index (χ0) is 8.81. The first-order valence-corrected chi connectivity index (χ1v) is 3.95. The second kappa shape index (κ2) is 4.66. The van der Waals surface area contributed by atoms with Crippen molar-refractivity contribution in [3.05, 3.63) is 18.2 Å². The van der Waals surface area contributed by atoms with Crippen molar-refractivity contribution in [1.29, 1.82) is 0 Å². The van der Waals surface area contributed by atoms with Crippen LogP contribution >= 0.6 is 0 Å². The van der Waals surface area contributed by atoms with Crippen molar-refractivity contribution in [1.82, 2.24) is 9.55 Å². The fraction of sp³-hybridized carbons (Fsp3) is 0.500. The van der Waals surface area contributed by atoms with Crippen LogP contribution in [0, 0.1) is 0 Å². The standard InChI is InChI=1S/C8H12N2O2/c11-6-2-1-4-10-5-3-9-8(10)7-12/h3,5,7,11H,1-2,4,6H2. The number of unbranched alkanes of at least 4 members (excludes halogenated alkanes) is 1. The van der Waals surface area contributed by atoms with Crippen molar-refractivity contribution in [2.75, 3.05) is 6.61 Å². The molecule has 0 fully saturated rings. The number of aromatic nitrogens is 2. The number of hydrogen-bond acceptors (Lipinski definition) is 3. The Hall–Kier alpha value is -1.16. The van der Waals surface area contributed by atoms with Crippen molar-refractivity contribution < 1.29 is 9.90 Å². The molecular weight excluding hydrogens is 156 g/mol. The summed E-state index contributed by atoms with van der Waals surface area (Å²) in [6.45, 7) is 0.944. The molecule has 0 amide bonds. The normalized spacial score (nSPS) is 10.1. The van der Waals surface area contributed by atoms with Crippen LogP contribution in [0.2, 0.25) is 0 Å². The van der Waals surface area contributed by atoms with E-state index in [1.165, 1.54) is 0 Å². The highest BCUT2D eigenvalue weighted by Crippen LogP contribution is 1.98. The van der Waals surface area contributed by atoms with Crippen LogP contribution in [0.3, 0.4) is 0 Å². The van der Waals surface area contributed by atoms with Gasteiger partial charge in [0.2, 0.25) is 0 Å². The summed E-state index contributed by atoms with van der Waals surface area (Å²) in [5.41, 5.74) is 0. The Morgan fingerprint density at radius 2 is 2.42 bits per heavy atom. The second-order valence-corrected chi connectivity index (χ2v) is 2.53. The Labute approximate surface area is 70.9 Å². The fourth-order valence-electron chi connectivity index (χ4n) is 1.02. The van der Waals surface area contributed by atoms with Gasteiger partial charge in [0.05, 0.1) is 0 Å². The summed E-state index contributed by atoms with van der Waals surface area (Å²) in [7, 11) is 0. The van der Waals surface area contributed by atoms with Gasteiger partial charge in [-0.05, 0) is 12.8 Å². The van der Waals surface area contributed by atoms with Crippen LogP contribution in [0.4, 0.5) is 0 Å². The summed E-state index contributed by atoms with van der Waals surface area (Å²) in [5, 5.41) is 8.53. The van der Waals surface area contributed by atoms with E-state index >= 15 is 0 Å². The SMILES string of the molecule is O=Cc1nccn1CCCCO. The van der Waals surface area contributed by atoms with Gasteiger partial charge < -0.3 is 9.67 Å². The summed E-state index contributed by atoms with van der Waals surface area (Å²) >= 11 is 0. The van der Waals surface area contributed by atoms with Gasteiger partial charge in [-0.15, -0.1) is 0 Å². The molecule has 1 aromatic heterocycles. The quantitative estimate of drug-likeness (QED) is 0.513. The van der Waals surface area contributed by atoms with Gasteiger partial charge in [-0.1, -0.05) is 0 Å². The molecule has 0 saturated heterocycles. The van der Waals surface area contributed by atoms with E-state index in [4.69, 9.17) is 5.11 Å². The second-order valence-electron chi connectivity index (χ2n) is 2.53. The predicted molar refractivity (Wildman–Crippen MR) is 43.9 cm³/mol. The topological polar surface area (TPSA) is 55.1 Å². The van der Waals surface area contributed by atoms with Crippen LogP contribution in [0.15, 0.2) is 12.4 Å². The summed E-state index contributed by atoms with van der Waals surface area (Å²) in [4.78, 5) is 14.2. The van der Waals surface area contributed by atoms with E-state index in [0.29, 0.717) is 5.82 Å².